The Labute approximate surface area is 108 Å². The van der Waals surface area contributed by atoms with Gasteiger partial charge in [0.15, 0.2) is 0 Å². The van der Waals surface area contributed by atoms with Gasteiger partial charge in [-0.05, 0) is 44.3 Å². The largest absolute Gasteiger partial charge is 0.330 e. The minimum absolute atomic E-state index is 0.788. The lowest BCUT2D eigenvalue weighted by atomic mass is 9.84. The zero-order valence-corrected chi connectivity index (χ0v) is 12.0. The highest BCUT2D eigenvalue weighted by Gasteiger charge is 2.26. The fourth-order valence-electron chi connectivity index (χ4n) is 3.07. The predicted octanol–water partition coefficient (Wildman–Crippen LogP) is 3.26. The average Bonchev–Trinajstić information content (AvgIpc) is 2.38. The van der Waals surface area contributed by atoms with Crippen molar-refractivity contribution in [2.75, 3.05) is 26.2 Å². The standard InChI is InChI=1S/C15H32N2/c1-3-5-6-7-8-10-17-11-9-15(12-16)14(4-2)13-17/h14-15H,3-13,16H2,1-2H3. The van der Waals surface area contributed by atoms with Gasteiger partial charge >= 0.3 is 0 Å². The van der Waals surface area contributed by atoms with Crippen LogP contribution in [0.1, 0.15) is 58.8 Å². The van der Waals surface area contributed by atoms with Crippen LogP contribution >= 0.6 is 0 Å². The number of hydrogen-bond acceptors (Lipinski definition) is 2. The summed E-state index contributed by atoms with van der Waals surface area (Å²) >= 11 is 0. The van der Waals surface area contributed by atoms with Gasteiger partial charge < -0.3 is 10.6 Å². The monoisotopic (exact) mass is 240 g/mol. The van der Waals surface area contributed by atoms with Gasteiger partial charge in [-0.25, -0.2) is 0 Å². The fourth-order valence-corrected chi connectivity index (χ4v) is 3.07. The topological polar surface area (TPSA) is 29.3 Å². The van der Waals surface area contributed by atoms with E-state index in [1.165, 1.54) is 64.6 Å². The van der Waals surface area contributed by atoms with E-state index in [0.717, 1.165) is 18.4 Å². The van der Waals surface area contributed by atoms with Crippen LogP contribution in [0.4, 0.5) is 0 Å². The lowest BCUT2D eigenvalue weighted by Gasteiger charge is -2.37. The second-order valence-corrected chi connectivity index (χ2v) is 5.67. The first-order chi connectivity index (χ1) is 8.31. The van der Waals surface area contributed by atoms with Crippen molar-refractivity contribution in [1.29, 1.82) is 0 Å². The predicted molar refractivity (Wildman–Crippen MR) is 76.1 cm³/mol. The van der Waals surface area contributed by atoms with Crippen LogP contribution in [0, 0.1) is 11.8 Å². The summed E-state index contributed by atoms with van der Waals surface area (Å²) in [6.45, 7) is 9.39. The van der Waals surface area contributed by atoms with Gasteiger partial charge in [0.25, 0.3) is 0 Å². The molecule has 2 atom stereocenters. The second-order valence-electron chi connectivity index (χ2n) is 5.67. The van der Waals surface area contributed by atoms with Crippen LogP contribution in [0.15, 0.2) is 0 Å². The maximum absolute atomic E-state index is 5.85. The molecular weight excluding hydrogens is 208 g/mol. The van der Waals surface area contributed by atoms with Gasteiger partial charge in [-0.3, -0.25) is 0 Å². The average molecular weight is 240 g/mol. The Morgan fingerprint density at radius 1 is 1.06 bits per heavy atom. The molecule has 0 spiro atoms. The first-order valence-corrected chi connectivity index (χ1v) is 7.74. The quantitative estimate of drug-likeness (QED) is 0.660. The van der Waals surface area contributed by atoms with Crippen LogP contribution in [0.3, 0.4) is 0 Å². The molecule has 2 unspecified atom stereocenters. The van der Waals surface area contributed by atoms with Gasteiger partial charge in [0, 0.05) is 6.54 Å². The van der Waals surface area contributed by atoms with Crippen molar-refractivity contribution in [1.82, 2.24) is 4.90 Å². The Morgan fingerprint density at radius 3 is 2.47 bits per heavy atom. The third kappa shape index (κ3) is 5.39. The smallest absolute Gasteiger partial charge is 0.00127 e. The molecule has 1 rings (SSSR count). The molecule has 0 bridgehead atoms. The Balaban J connectivity index is 2.14. The van der Waals surface area contributed by atoms with Gasteiger partial charge in [-0.1, -0.05) is 46.0 Å². The molecule has 0 amide bonds. The van der Waals surface area contributed by atoms with E-state index < -0.39 is 0 Å². The number of piperidine rings is 1. The first-order valence-electron chi connectivity index (χ1n) is 7.74. The number of nitrogens with zero attached hydrogens (tertiary/aromatic N) is 1. The molecule has 0 aromatic carbocycles. The van der Waals surface area contributed by atoms with Crippen LogP contribution in [-0.4, -0.2) is 31.1 Å². The summed E-state index contributed by atoms with van der Waals surface area (Å²) in [6.07, 6.45) is 9.61. The van der Waals surface area contributed by atoms with E-state index in [4.69, 9.17) is 5.73 Å². The van der Waals surface area contributed by atoms with Crippen LogP contribution < -0.4 is 5.73 Å². The molecule has 0 aliphatic carbocycles. The first kappa shape index (κ1) is 15.0. The zero-order valence-electron chi connectivity index (χ0n) is 12.0. The van der Waals surface area contributed by atoms with Crippen molar-refractivity contribution >= 4 is 0 Å². The third-order valence-electron chi connectivity index (χ3n) is 4.38. The lowest BCUT2D eigenvalue weighted by Crippen LogP contribution is -2.43. The molecule has 0 aromatic rings. The molecule has 1 aliphatic heterocycles. The Bertz CT molecular complexity index is 182. The van der Waals surface area contributed by atoms with Gasteiger partial charge in [0.2, 0.25) is 0 Å². The van der Waals surface area contributed by atoms with E-state index in [2.05, 4.69) is 18.7 Å². The van der Waals surface area contributed by atoms with Gasteiger partial charge in [0.05, 0.1) is 0 Å². The van der Waals surface area contributed by atoms with Crippen molar-refractivity contribution in [3.05, 3.63) is 0 Å². The minimum atomic E-state index is 0.788. The van der Waals surface area contributed by atoms with E-state index in [1.807, 2.05) is 0 Å². The number of unbranched alkanes of at least 4 members (excludes halogenated alkanes) is 4. The maximum Gasteiger partial charge on any atom is 0.00127 e. The van der Waals surface area contributed by atoms with Crippen LogP contribution in [0.2, 0.25) is 0 Å². The van der Waals surface area contributed by atoms with Gasteiger partial charge in [-0.15, -0.1) is 0 Å². The van der Waals surface area contributed by atoms with Crippen LogP contribution in [-0.2, 0) is 0 Å². The van der Waals surface area contributed by atoms with Crippen molar-refractivity contribution in [2.45, 2.75) is 58.8 Å². The molecule has 0 aromatic heterocycles. The Kier molecular flexibility index (Phi) is 7.87. The molecule has 102 valence electrons. The van der Waals surface area contributed by atoms with E-state index in [0.29, 0.717) is 0 Å². The number of rotatable bonds is 8. The normalized spacial score (nSPS) is 26.3. The maximum atomic E-state index is 5.85. The summed E-state index contributed by atoms with van der Waals surface area (Å²) in [7, 11) is 0. The van der Waals surface area contributed by atoms with Crippen molar-refractivity contribution in [2.24, 2.45) is 17.6 Å². The lowest BCUT2D eigenvalue weighted by molar-refractivity contribution is 0.118. The molecule has 0 saturated carbocycles. The molecule has 1 aliphatic rings. The molecule has 2 heteroatoms. The highest BCUT2D eigenvalue weighted by Crippen LogP contribution is 2.25. The van der Waals surface area contributed by atoms with Crippen LogP contribution in [0.5, 0.6) is 0 Å². The van der Waals surface area contributed by atoms with E-state index in [1.54, 1.807) is 0 Å². The van der Waals surface area contributed by atoms with E-state index in [-0.39, 0.29) is 0 Å². The molecule has 0 radical (unpaired) electrons. The molecule has 1 saturated heterocycles. The van der Waals surface area contributed by atoms with E-state index >= 15 is 0 Å². The van der Waals surface area contributed by atoms with Crippen molar-refractivity contribution in [3.8, 4) is 0 Å². The summed E-state index contributed by atoms with van der Waals surface area (Å²) in [5, 5.41) is 0. The molecule has 1 heterocycles. The second kappa shape index (κ2) is 8.93. The Hall–Kier alpha value is -0.0800. The summed E-state index contributed by atoms with van der Waals surface area (Å²) < 4.78 is 0. The SMILES string of the molecule is CCCCCCCN1CCC(CN)C(CC)C1. The number of likely N-dealkylation sites (tertiary alicyclic amines) is 1. The summed E-state index contributed by atoms with van der Waals surface area (Å²) in [5.74, 6) is 1.64. The third-order valence-corrected chi connectivity index (χ3v) is 4.38. The van der Waals surface area contributed by atoms with Crippen molar-refractivity contribution in [3.63, 3.8) is 0 Å². The molecule has 2 N–H and O–H groups in total. The highest BCUT2D eigenvalue weighted by molar-refractivity contribution is 4.80. The van der Waals surface area contributed by atoms with Gasteiger partial charge in [-0.2, -0.15) is 0 Å². The van der Waals surface area contributed by atoms with Crippen LogP contribution in [0.25, 0.3) is 0 Å². The molecule has 1 fully saturated rings. The fraction of sp³-hybridized carbons (Fsp3) is 1.00. The summed E-state index contributed by atoms with van der Waals surface area (Å²) in [6, 6.07) is 0. The number of hydrogen-bond donors (Lipinski definition) is 1. The molecule has 17 heavy (non-hydrogen) atoms. The van der Waals surface area contributed by atoms with Gasteiger partial charge in [0.1, 0.15) is 0 Å². The zero-order chi connectivity index (χ0) is 12.5. The van der Waals surface area contributed by atoms with E-state index in [9.17, 15) is 0 Å². The highest BCUT2D eigenvalue weighted by atomic mass is 15.1. The minimum Gasteiger partial charge on any atom is -0.330 e. The Morgan fingerprint density at radius 2 is 1.82 bits per heavy atom. The molecular formula is C15H32N2. The summed E-state index contributed by atoms with van der Waals surface area (Å²) in [5.41, 5.74) is 5.85. The summed E-state index contributed by atoms with van der Waals surface area (Å²) in [4.78, 5) is 2.67. The molecule has 2 nitrogen and oxygen atoms in total. The number of nitrogens with two attached hydrogens (primary N) is 1. The van der Waals surface area contributed by atoms with Crippen molar-refractivity contribution < 1.29 is 0 Å².